The van der Waals surface area contributed by atoms with Crippen LogP contribution in [0.3, 0.4) is 0 Å². The predicted molar refractivity (Wildman–Crippen MR) is 224 cm³/mol. The number of hydrogen-bond acceptors (Lipinski definition) is 5. The van der Waals surface area contributed by atoms with E-state index in [0.29, 0.717) is 6.42 Å². The Labute approximate surface area is 324 Å². The van der Waals surface area contributed by atoms with Crippen molar-refractivity contribution in [3.63, 3.8) is 0 Å². The minimum Gasteiger partial charge on any atom is -0.394 e. The maximum atomic E-state index is 12.6. The number of unbranched alkanes of at least 4 members (excludes halogenated alkanes) is 29. The van der Waals surface area contributed by atoms with Crippen LogP contribution in [-0.4, -0.2) is 59.1 Å². The molecule has 1 saturated heterocycles. The Bertz CT molecular complexity index is 771. The zero-order valence-electron chi connectivity index (χ0n) is 34.9. The van der Waals surface area contributed by atoms with Gasteiger partial charge in [0, 0.05) is 19.5 Å². The van der Waals surface area contributed by atoms with Crippen LogP contribution in [0.25, 0.3) is 0 Å². The van der Waals surface area contributed by atoms with Gasteiger partial charge in [-0.05, 0) is 25.7 Å². The van der Waals surface area contributed by atoms with Crippen molar-refractivity contribution in [2.75, 3.05) is 19.7 Å². The van der Waals surface area contributed by atoms with Crippen LogP contribution in [0.1, 0.15) is 239 Å². The summed E-state index contributed by atoms with van der Waals surface area (Å²) >= 11 is 0. The van der Waals surface area contributed by atoms with E-state index < -0.39 is 12.1 Å². The molecule has 0 unspecified atom stereocenters. The third kappa shape index (κ3) is 31.4. The monoisotopic (exact) mass is 735 g/mol. The van der Waals surface area contributed by atoms with E-state index in [1.165, 1.54) is 180 Å². The molecule has 1 fully saturated rings. The van der Waals surface area contributed by atoms with Crippen LogP contribution in [0.2, 0.25) is 0 Å². The molecular formula is C46H90N2O4. The smallest absolute Gasteiger partial charge is 0.220 e. The normalized spacial score (nSPS) is 15.5. The zero-order chi connectivity index (χ0) is 37.6. The van der Waals surface area contributed by atoms with Crippen molar-refractivity contribution in [1.82, 2.24) is 10.4 Å². The summed E-state index contributed by atoms with van der Waals surface area (Å²) in [6.45, 7) is 6.19. The molecule has 1 amide bonds. The number of aliphatic hydroxyl groups is 2. The van der Waals surface area contributed by atoms with Crippen molar-refractivity contribution in [2.24, 2.45) is 0 Å². The summed E-state index contributed by atoms with van der Waals surface area (Å²) in [6.07, 6.45) is 47.7. The summed E-state index contributed by atoms with van der Waals surface area (Å²) in [7, 11) is 0. The molecule has 0 radical (unpaired) electrons. The number of amides is 1. The lowest BCUT2D eigenvalue weighted by Gasteiger charge is -2.23. The lowest BCUT2D eigenvalue weighted by molar-refractivity contribution is -0.171. The Morgan fingerprint density at radius 2 is 0.942 bits per heavy atom. The fraction of sp³-hybridized carbons (Fsp3) is 0.935. The van der Waals surface area contributed by atoms with Gasteiger partial charge in [-0.1, -0.05) is 219 Å². The molecule has 0 saturated carbocycles. The van der Waals surface area contributed by atoms with E-state index in [0.717, 1.165) is 51.6 Å². The van der Waals surface area contributed by atoms with Crippen LogP contribution >= 0.6 is 0 Å². The second-order valence-electron chi connectivity index (χ2n) is 16.3. The molecule has 3 atom stereocenters. The standard InChI is InChI=1S/C46H90N2O4/c1-3-5-7-9-11-13-15-16-17-18-19-20-21-22-23-24-25-27-29-31-33-37-46(51)47-44(42-49)45(50)39-38-43(52-48-40-34-35-41-48)36-32-30-28-26-14-12-10-8-6-4-2/h38-39,43-45,49-50H,3-37,40-42H2,1-2H3,(H,47,51)/t43-,44+,45-/m1/s1. The Balaban J connectivity index is 2.08. The van der Waals surface area contributed by atoms with Crippen LogP contribution in [0.5, 0.6) is 0 Å². The molecule has 0 aromatic carbocycles. The first-order chi connectivity index (χ1) is 25.6. The summed E-state index contributed by atoms with van der Waals surface area (Å²) in [5.74, 6) is -0.0838. The summed E-state index contributed by atoms with van der Waals surface area (Å²) in [6, 6.07) is -0.691. The first-order valence-electron chi connectivity index (χ1n) is 23.3. The predicted octanol–water partition coefficient (Wildman–Crippen LogP) is 12.7. The van der Waals surface area contributed by atoms with Gasteiger partial charge in [0.05, 0.1) is 24.9 Å². The van der Waals surface area contributed by atoms with E-state index in [1.54, 1.807) is 6.08 Å². The van der Waals surface area contributed by atoms with Crippen molar-refractivity contribution in [3.05, 3.63) is 12.2 Å². The fourth-order valence-electron chi connectivity index (χ4n) is 7.61. The molecular weight excluding hydrogens is 645 g/mol. The molecule has 0 spiro atoms. The molecule has 3 N–H and O–H groups in total. The molecule has 1 rings (SSSR count). The van der Waals surface area contributed by atoms with Crippen molar-refractivity contribution in [3.8, 4) is 0 Å². The Morgan fingerprint density at radius 3 is 1.33 bits per heavy atom. The van der Waals surface area contributed by atoms with Gasteiger partial charge in [-0.3, -0.25) is 9.63 Å². The second kappa shape index (κ2) is 38.3. The fourth-order valence-corrected chi connectivity index (χ4v) is 7.61. The van der Waals surface area contributed by atoms with Gasteiger partial charge in [-0.25, -0.2) is 0 Å². The van der Waals surface area contributed by atoms with Crippen LogP contribution < -0.4 is 5.32 Å². The number of hydrogen-bond donors (Lipinski definition) is 3. The molecule has 6 heteroatoms. The SMILES string of the molecule is CCCCCCCCCCCCCCCCCCCCCCCC(=O)N[C@@H](CO)[C@H](O)C=C[C@@H](CCCCCCCCCCCC)ON1CCCC1. The highest BCUT2D eigenvalue weighted by Crippen LogP contribution is 2.18. The number of aliphatic hydroxyl groups excluding tert-OH is 2. The third-order valence-electron chi connectivity index (χ3n) is 11.2. The molecule has 0 aromatic rings. The van der Waals surface area contributed by atoms with Gasteiger partial charge < -0.3 is 15.5 Å². The Morgan fingerprint density at radius 1 is 0.577 bits per heavy atom. The first kappa shape index (κ1) is 49.1. The van der Waals surface area contributed by atoms with Gasteiger partial charge in [0.15, 0.2) is 0 Å². The van der Waals surface area contributed by atoms with Crippen LogP contribution in [0.15, 0.2) is 12.2 Å². The number of carbonyl (C=O) groups is 1. The number of carbonyl (C=O) groups excluding carboxylic acids is 1. The maximum Gasteiger partial charge on any atom is 0.220 e. The van der Waals surface area contributed by atoms with Crippen LogP contribution in [0.4, 0.5) is 0 Å². The minimum atomic E-state index is -0.939. The van der Waals surface area contributed by atoms with Crippen molar-refractivity contribution in [2.45, 2.75) is 257 Å². The Kier molecular flexibility index (Phi) is 36.2. The minimum absolute atomic E-state index is 0.0838. The molecule has 1 aliphatic heterocycles. The largest absolute Gasteiger partial charge is 0.394 e. The molecule has 1 aliphatic rings. The third-order valence-corrected chi connectivity index (χ3v) is 11.2. The summed E-state index contributed by atoms with van der Waals surface area (Å²) in [5.41, 5.74) is 0. The first-order valence-corrected chi connectivity index (χ1v) is 23.3. The number of nitrogens with zero attached hydrogens (tertiary/aromatic N) is 1. The highest BCUT2D eigenvalue weighted by atomic mass is 16.7. The maximum absolute atomic E-state index is 12.6. The molecule has 0 bridgehead atoms. The number of rotatable bonds is 40. The molecule has 6 nitrogen and oxygen atoms in total. The van der Waals surface area contributed by atoms with Crippen molar-refractivity contribution < 1.29 is 19.8 Å². The Hall–Kier alpha value is -0.950. The van der Waals surface area contributed by atoms with Crippen molar-refractivity contribution in [1.29, 1.82) is 0 Å². The van der Waals surface area contributed by atoms with Crippen LogP contribution in [0, 0.1) is 0 Å². The molecule has 0 aromatic heterocycles. The van der Waals surface area contributed by atoms with E-state index in [-0.39, 0.29) is 18.6 Å². The summed E-state index contributed by atoms with van der Waals surface area (Å²) < 4.78 is 0. The zero-order valence-corrected chi connectivity index (χ0v) is 34.9. The molecule has 1 heterocycles. The van der Waals surface area contributed by atoms with E-state index >= 15 is 0 Å². The van der Waals surface area contributed by atoms with Gasteiger partial charge in [-0.2, -0.15) is 5.06 Å². The highest BCUT2D eigenvalue weighted by Gasteiger charge is 2.20. The molecule has 308 valence electrons. The van der Waals surface area contributed by atoms with Gasteiger partial charge in [0.2, 0.25) is 5.91 Å². The van der Waals surface area contributed by atoms with Gasteiger partial charge in [-0.15, -0.1) is 0 Å². The molecule has 0 aliphatic carbocycles. The van der Waals surface area contributed by atoms with E-state index in [2.05, 4.69) is 24.2 Å². The lowest BCUT2D eigenvalue weighted by Crippen LogP contribution is -2.45. The van der Waals surface area contributed by atoms with E-state index in [9.17, 15) is 15.0 Å². The molecule has 52 heavy (non-hydrogen) atoms. The summed E-state index contributed by atoms with van der Waals surface area (Å²) in [5, 5.41) is 25.7. The number of nitrogens with one attached hydrogen (secondary N) is 1. The van der Waals surface area contributed by atoms with Crippen molar-refractivity contribution >= 4 is 5.91 Å². The van der Waals surface area contributed by atoms with Gasteiger partial charge in [0.25, 0.3) is 0 Å². The quantitative estimate of drug-likeness (QED) is 0.0431. The van der Waals surface area contributed by atoms with Crippen LogP contribution in [-0.2, 0) is 9.63 Å². The van der Waals surface area contributed by atoms with E-state index in [4.69, 9.17) is 4.84 Å². The average Bonchev–Trinajstić information content (AvgIpc) is 3.67. The van der Waals surface area contributed by atoms with E-state index in [1.807, 2.05) is 6.08 Å². The summed E-state index contributed by atoms with van der Waals surface area (Å²) in [4.78, 5) is 18.9. The topological polar surface area (TPSA) is 82.0 Å². The average molecular weight is 735 g/mol. The number of hydroxylamine groups is 2. The second-order valence-corrected chi connectivity index (χ2v) is 16.3. The lowest BCUT2D eigenvalue weighted by atomic mass is 10.0. The van der Waals surface area contributed by atoms with Gasteiger partial charge in [0.1, 0.15) is 0 Å². The van der Waals surface area contributed by atoms with Gasteiger partial charge >= 0.3 is 0 Å². The highest BCUT2D eigenvalue weighted by molar-refractivity contribution is 5.76.